The first kappa shape index (κ1) is 9.59. The molecule has 0 saturated heterocycles. The van der Waals surface area contributed by atoms with E-state index in [1.807, 2.05) is 0 Å². The van der Waals surface area contributed by atoms with E-state index in [4.69, 9.17) is 0 Å². The Hall–Kier alpha value is -0.498. The maximum atomic E-state index is 2.44. The van der Waals surface area contributed by atoms with Gasteiger partial charge in [-0.2, -0.15) is 0 Å². The molecule has 2 heteroatoms. The van der Waals surface area contributed by atoms with Crippen molar-refractivity contribution in [2.24, 2.45) is 0 Å². The van der Waals surface area contributed by atoms with Crippen molar-refractivity contribution in [1.82, 2.24) is 0 Å². The minimum Gasteiger partial charge on any atom is -0.0880 e. The maximum Gasteiger partial charge on any atom is 0.133 e. The van der Waals surface area contributed by atoms with Gasteiger partial charge in [0.2, 0.25) is 0 Å². The van der Waals surface area contributed by atoms with E-state index in [1.54, 1.807) is 5.19 Å². The highest BCUT2D eigenvalue weighted by Crippen LogP contribution is 2.07. The van der Waals surface area contributed by atoms with E-state index < -0.39 is 7.94 Å². The average Bonchev–Trinajstić information content (AvgIpc) is 2.06. The van der Waals surface area contributed by atoms with E-state index in [0.717, 1.165) is 6.31 Å². The molecule has 1 aromatic rings. The minimum atomic E-state index is -1.16. The van der Waals surface area contributed by atoms with Gasteiger partial charge in [0.1, 0.15) is 6.31 Å². The molecule has 0 heterocycles. The predicted molar refractivity (Wildman–Crippen MR) is 61.0 cm³/mol. The summed E-state index contributed by atoms with van der Waals surface area (Å²) in [7, 11) is -1.16. The van der Waals surface area contributed by atoms with Crippen LogP contribution in [0, 0.1) is 0 Å². The Morgan fingerprint density at radius 3 is 1.92 bits per heavy atom. The Bertz CT molecular complexity index is 241. The first-order valence-electron chi connectivity index (χ1n) is 4.60. The van der Waals surface area contributed by atoms with E-state index >= 15 is 0 Å². The fourth-order valence-electron chi connectivity index (χ4n) is 1.20. The Morgan fingerprint density at radius 2 is 1.50 bits per heavy atom. The van der Waals surface area contributed by atoms with Crippen LogP contribution in [0.2, 0.25) is 26.7 Å². The van der Waals surface area contributed by atoms with Crippen LogP contribution >= 0.6 is 0 Å². The molecule has 64 valence electrons. The molecule has 0 atom stereocenters. The molecule has 1 rings (SSSR count). The molecule has 0 amide bonds. The van der Waals surface area contributed by atoms with Gasteiger partial charge in [0, 0.05) is 0 Å². The summed E-state index contributed by atoms with van der Waals surface area (Å²) in [6, 6.07) is 10.9. The van der Waals surface area contributed by atoms with Crippen molar-refractivity contribution < 1.29 is 0 Å². The normalized spacial score (nSPS) is 11.3. The maximum absolute atomic E-state index is 2.44. The molecule has 0 aliphatic heterocycles. The van der Waals surface area contributed by atoms with Crippen molar-refractivity contribution in [3.63, 3.8) is 0 Å². The highest BCUT2D eigenvalue weighted by atomic mass is 28.3. The monoisotopic (exact) mass is 176 g/mol. The highest BCUT2D eigenvalue weighted by molar-refractivity contribution is 7.37. The summed E-state index contributed by atoms with van der Waals surface area (Å²) in [6.07, 6.45) is 0.819. The van der Waals surface area contributed by atoms with Crippen LogP contribution in [0.3, 0.4) is 0 Å². The van der Waals surface area contributed by atoms with Crippen LogP contribution in [0.1, 0.15) is 0 Å². The van der Waals surface area contributed by atoms with Gasteiger partial charge in [0.05, 0.1) is 7.94 Å². The highest BCUT2D eigenvalue weighted by Gasteiger charge is 2.28. The van der Waals surface area contributed by atoms with Gasteiger partial charge in [-0.05, 0) is 0 Å². The second kappa shape index (κ2) is 3.48. The second-order valence-corrected chi connectivity index (χ2v) is 9.42. The number of rotatable bonds is 2. The Labute approximate surface area is 77.0 Å². The van der Waals surface area contributed by atoms with Crippen molar-refractivity contribution >= 4 is 19.4 Å². The summed E-state index contributed by atoms with van der Waals surface area (Å²) in [6.45, 7) is 9.54. The molecular weight excluding hydrogens is 159 g/mol. The van der Waals surface area contributed by atoms with Crippen molar-refractivity contribution in [1.29, 1.82) is 0 Å². The smallest absolute Gasteiger partial charge is 0.0880 e. The zero-order valence-corrected chi connectivity index (χ0v) is 9.46. The van der Waals surface area contributed by atoms with Gasteiger partial charge in [0.25, 0.3) is 0 Å². The number of benzene rings is 1. The van der Waals surface area contributed by atoms with Crippen molar-refractivity contribution in [2.75, 3.05) is 0 Å². The SMILES string of the molecule is CB(C)[Si](C)(C)c1ccccc1. The Kier molecular flexibility index (Phi) is 2.78. The molecule has 1 aromatic carbocycles. The average molecular weight is 176 g/mol. The van der Waals surface area contributed by atoms with Gasteiger partial charge in [-0.1, -0.05) is 62.3 Å². The topological polar surface area (TPSA) is 0 Å². The lowest BCUT2D eigenvalue weighted by atomic mass is 9.83. The number of hydrogen-bond donors (Lipinski definition) is 0. The minimum absolute atomic E-state index is 0.819. The molecule has 12 heavy (non-hydrogen) atoms. The predicted octanol–water partition coefficient (Wildman–Crippen LogP) is 2.43. The molecule has 0 saturated carbocycles. The standard InChI is InChI=1S/C10H17BSi/c1-11(2)12(3,4)10-8-6-5-7-9-10/h5-9H,1-4H3. The molecule has 0 aromatic heterocycles. The second-order valence-electron chi connectivity index (χ2n) is 4.24. The van der Waals surface area contributed by atoms with Gasteiger partial charge in [-0.15, -0.1) is 0 Å². The Morgan fingerprint density at radius 1 is 1.00 bits per heavy atom. The van der Waals surface area contributed by atoms with Crippen LogP contribution in [-0.2, 0) is 0 Å². The van der Waals surface area contributed by atoms with Crippen molar-refractivity contribution in [3.05, 3.63) is 30.3 Å². The molecule has 0 fully saturated rings. The Balaban J connectivity index is 2.98. The summed E-state index contributed by atoms with van der Waals surface area (Å²) in [5.74, 6) is 0. The van der Waals surface area contributed by atoms with E-state index in [1.165, 1.54) is 0 Å². The summed E-state index contributed by atoms with van der Waals surface area (Å²) in [5.41, 5.74) is 0. The summed E-state index contributed by atoms with van der Waals surface area (Å²) < 4.78 is 0. The lowest BCUT2D eigenvalue weighted by Crippen LogP contribution is -2.52. The van der Waals surface area contributed by atoms with Gasteiger partial charge in [-0.25, -0.2) is 0 Å². The van der Waals surface area contributed by atoms with Crippen LogP contribution in [0.25, 0.3) is 0 Å². The first-order valence-corrected chi connectivity index (χ1v) is 7.68. The van der Waals surface area contributed by atoms with Crippen LogP contribution in [0.15, 0.2) is 30.3 Å². The molecule has 0 bridgehead atoms. The van der Waals surface area contributed by atoms with Crippen molar-refractivity contribution in [2.45, 2.75) is 26.7 Å². The molecule has 0 aliphatic carbocycles. The fourth-order valence-corrected chi connectivity index (χ4v) is 2.92. The molecule has 0 radical (unpaired) electrons. The molecule has 0 aliphatic rings. The molecule has 0 nitrogen and oxygen atoms in total. The third-order valence-electron chi connectivity index (χ3n) is 2.96. The van der Waals surface area contributed by atoms with Gasteiger partial charge < -0.3 is 0 Å². The van der Waals surface area contributed by atoms with Crippen LogP contribution < -0.4 is 5.19 Å². The molecule has 0 N–H and O–H groups in total. The summed E-state index contributed by atoms with van der Waals surface area (Å²) in [5, 5.41) is 1.57. The molecule has 0 unspecified atom stereocenters. The summed E-state index contributed by atoms with van der Waals surface area (Å²) in [4.78, 5) is 0. The van der Waals surface area contributed by atoms with Gasteiger partial charge in [-0.3, -0.25) is 0 Å². The zero-order chi connectivity index (χ0) is 9.19. The van der Waals surface area contributed by atoms with Crippen molar-refractivity contribution in [3.8, 4) is 0 Å². The van der Waals surface area contributed by atoms with Crippen LogP contribution in [0.4, 0.5) is 0 Å². The molecular formula is C10H17BSi. The van der Waals surface area contributed by atoms with E-state index in [0.29, 0.717) is 0 Å². The number of hydrogen-bond acceptors (Lipinski definition) is 0. The van der Waals surface area contributed by atoms with E-state index in [9.17, 15) is 0 Å². The first-order chi connectivity index (χ1) is 5.55. The van der Waals surface area contributed by atoms with Gasteiger partial charge in [0.15, 0.2) is 0 Å². The third kappa shape index (κ3) is 1.81. The van der Waals surface area contributed by atoms with Crippen LogP contribution in [-0.4, -0.2) is 14.2 Å². The third-order valence-corrected chi connectivity index (χ3v) is 7.67. The van der Waals surface area contributed by atoms with Gasteiger partial charge >= 0.3 is 0 Å². The van der Waals surface area contributed by atoms with E-state index in [2.05, 4.69) is 57.1 Å². The fraction of sp³-hybridized carbons (Fsp3) is 0.400. The quantitative estimate of drug-likeness (QED) is 0.607. The summed E-state index contributed by atoms with van der Waals surface area (Å²) >= 11 is 0. The van der Waals surface area contributed by atoms with Crippen LogP contribution in [0.5, 0.6) is 0 Å². The lowest BCUT2D eigenvalue weighted by Gasteiger charge is -2.25. The zero-order valence-electron chi connectivity index (χ0n) is 8.46. The molecule has 0 spiro atoms. The van der Waals surface area contributed by atoms with E-state index in [-0.39, 0.29) is 0 Å². The largest absolute Gasteiger partial charge is 0.133 e. The lowest BCUT2D eigenvalue weighted by molar-refractivity contribution is 1.72.